The fraction of sp³-hybridized carbons (Fsp3) is 0.250. The van der Waals surface area contributed by atoms with E-state index in [1.54, 1.807) is 13.8 Å². The lowest BCUT2D eigenvalue weighted by Gasteiger charge is -2.40. The van der Waals surface area contributed by atoms with Crippen LogP contribution in [-0.2, 0) is 30.3 Å². The van der Waals surface area contributed by atoms with Crippen LogP contribution in [0.2, 0.25) is 20.1 Å². The number of carbonyl (C=O) groups is 2. The van der Waals surface area contributed by atoms with Crippen LogP contribution >= 0.6 is 46.4 Å². The molecular weight excluding hydrogens is 686 g/mol. The molecule has 0 fully saturated rings. The minimum Gasteiger partial charge on any atom is -0.481 e. The number of Topliss-reactive ketones (excluding diaryl/α,β-unsaturated/α-hetero) is 2. The van der Waals surface area contributed by atoms with Gasteiger partial charge in [-0.3, -0.25) is 9.59 Å². The van der Waals surface area contributed by atoms with Crippen LogP contribution in [0.5, 0.6) is 0 Å². The molecule has 4 aromatic rings. The molecule has 246 valence electrons. The van der Waals surface area contributed by atoms with Crippen LogP contribution < -0.4 is 0 Å². The highest BCUT2D eigenvalue weighted by atomic mass is 35.5. The van der Waals surface area contributed by atoms with Crippen molar-refractivity contribution in [2.24, 2.45) is 11.8 Å². The van der Waals surface area contributed by atoms with Crippen LogP contribution in [0, 0.1) is 11.8 Å². The van der Waals surface area contributed by atoms with Gasteiger partial charge in [0.1, 0.15) is 11.5 Å². The molecular formula is C40H34Cl4O4. The van der Waals surface area contributed by atoms with Crippen LogP contribution in [0.1, 0.15) is 62.8 Å². The molecule has 2 aliphatic rings. The van der Waals surface area contributed by atoms with Gasteiger partial charge in [0.05, 0.1) is 0 Å². The van der Waals surface area contributed by atoms with Gasteiger partial charge in [-0.25, -0.2) is 0 Å². The number of halogens is 4. The molecule has 0 aromatic heterocycles. The van der Waals surface area contributed by atoms with Crippen molar-refractivity contribution in [3.63, 3.8) is 0 Å². The maximum Gasteiger partial charge on any atom is 0.166 e. The van der Waals surface area contributed by atoms with Crippen LogP contribution in [0.3, 0.4) is 0 Å². The van der Waals surface area contributed by atoms with E-state index in [2.05, 4.69) is 0 Å². The zero-order chi connectivity index (χ0) is 34.4. The summed E-state index contributed by atoms with van der Waals surface area (Å²) in [5.41, 5.74) is 2.45. The molecule has 2 aliphatic heterocycles. The molecule has 0 amide bonds. The lowest BCUT2D eigenvalue weighted by atomic mass is 9.67. The summed E-state index contributed by atoms with van der Waals surface area (Å²) >= 11 is 25.4. The summed E-state index contributed by atoms with van der Waals surface area (Å²) in [7, 11) is 0. The van der Waals surface area contributed by atoms with Gasteiger partial charge in [-0.1, -0.05) is 94.9 Å². The Morgan fingerprint density at radius 1 is 0.500 bits per heavy atom. The zero-order valence-corrected chi connectivity index (χ0v) is 30.0. The molecule has 2 atom stereocenters. The van der Waals surface area contributed by atoms with E-state index in [9.17, 15) is 9.59 Å². The molecule has 0 N–H and O–H groups in total. The van der Waals surface area contributed by atoms with E-state index in [1.165, 1.54) is 0 Å². The number of hydrogen-bond donors (Lipinski definition) is 0. The molecule has 6 rings (SSSR count). The maximum absolute atomic E-state index is 13.5. The third kappa shape index (κ3) is 5.87. The Morgan fingerprint density at radius 2 is 0.729 bits per heavy atom. The minimum atomic E-state index is -1.07. The summed E-state index contributed by atoms with van der Waals surface area (Å²) in [5, 5.41) is 2.34. The van der Waals surface area contributed by atoms with E-state index in [-0.39, 0.29) is 11.6 Å². The average Bonchev–Trinajstić information content (AvgIpc) is 3.52. The first kappa shape index (κ1) is 34.3. The smallest absolute Gasteiger partial charge is 0.166 e. The quantitative estimate of drug-likeness (QED) is 0.173. The Morgan fingerprint density at radius 3 is 0.938 bits per heavy atom. The maximum atomic E-state index is 13.5. The summed E-state index contributed by atoms with van der Waals surface area (Å²) < 4.78 is 13.8. The first-order chi connectivity index (χ1) is 22.9. The topological polar surface area (TPSA) is 52.6 Å². The molecule has 0 saturated carbocycles. The Bertz CT molecular complexity index is 1690. The van der Waals surface area contributed by atoms with Gasteiger partial charge in [0.2, 0.25) is 0 Å². The normalized spacial score (nSPS) is 19.7. The predicted molar refractivity (Wildman–Crippen MR) is 193 cm³/mol. The number of benzene rings is 4. The van der Waals surface area contributed by atoms with E-state index in [0.717, 1.165) is 22.3 Å². The van der Waals surface area contributed by atoms with Crippen molar-refractivity contribution in [1.29, 1.82) is 0 Å². The molecule has 48 heavy (non-hydrogen) atoms. The zero-order valence-electron chi connectivity index (χ0n) is 27.0. The van der Waals surface area contributed by atoms with Gasteiger partial charge in [-0.15, -0.1) is 0 Å². The third-order valence-electron chi connectivity index (χ3n) is 9.66. The van der Waals surface area contributed by atoms with Crippen molar-refractivity contribution >= 4 is 58.0 Å². The molecule has 4 nitrogen and oxygen atoms in total. The predicted octanol–water partition coefficient (Wildman–Crippen LogP) is 11.3. The Labute approximate surface area is 301 Å². The molecule has 8 heteroatoms. The second-order valence-electron chi connectivity index (χ2n) is 12.4. The second-order valence-corrected chi connectivity index (χ2v) is 14.2. The van der Waals surface area contributed by atoms with E-state index < -0.39 is 23.0 Å². The lowest BCUT2D eigenvalue weighted by Crippen LogP contribution is -2.39. The highest BCUT2D eigenvalue weighted by molar-refractivity contribution is 6.31. The molecule has 4 aromatic carbocycles. The highest BCUT2D eigenvalue weighted by Gasteiger charge is 2.56. The van der Waals surface area contributed by atoms with E-state index >= 15 is 0 Å². The monoisotopic (exact) mass is 718 g/mol. The van der Waals surface area contributed by atoms with Gasteiger partial charge >= 0.3 is 0 Å². The fourth-order valence-corrected chi connectivity index (χ4v) is 8.32. The third-order valence-corrected chi connectivity index (χ3v) is 10.7. The molecule has 2 unspecified atom stereocenters. The van der Waals surface area contributed by atoms with Gasteiger partial charge in [-0.2, -0.15) is 0 Å². The first-order valence-electron chi connectivity index (χ1n) is 15.7. The number of ketones is 2. The van der Waals surface area contributed by atoms with Crippen molar-refractivity contribution in [3.05, 3.63) is 162 Å². The molecule has 0 bridgehead atoms. The van der Waals surface area contributed by atoms with Crippen molar-refractivity contribution in [2.75, 3.05) is 0 Å². The van der Waals surface area contributed by atoms with E-state index in [4.69, 9.17) is 55.9 Å². The summed E-state index contributed by atoms with van der Waals surface area (Å²) in [6.45, 7) is 6.83. The number of hydrogen-bond acceptors (Lipinski definition) is 4. The van der Waals surface area contributed by atoms with Crippen molar-refractivity contribution in [3.8, 4) is 0 Å². The van der Waals surface area contributed by atoms with Gasteiger partial charge < -0.3 is 9.47 Å². The Balaban J connectivity index is 1.54. The molecule has 0 radical (unpaired) electrons. The van der Waals surface area contributed by atoms with Gasteiger partial charge in [-0.05, 0) is 89.1 Å². The summed E-state index contributed by atoms with van der Waals surface area (Å²) in [5.74, 6) is 0.0926. The van der Waals surface area contributed by atoms with Gasteiger partial charge in [0.25, 0.3) is 0 Å². The molecule has 0 saturated heterocycles. The van der Waals surface area contributed by atoms with E-state index in [1.807, 2.05) is 111 Å². The van der Waals surface area contributed by atoms with Gasteiger partial charge in [0, 0.05) is 65.3 Å². The highest BCUT2D eigenvalue weighted by Crippen LogP contribution is 2.57. The number of rotatable bonds is 9. The Hall–Kier alpha value is -3.54. The number of ether oxygens (including phenoxy) is 2. The SMILES string of the molecule is CC(=O)C1=C(C)OC(c2ccc(Cl)cc2)(c2ccc(Cl)cc2)C1CCC1C(C(C)=O)=C(C)OC1(c1ccc(Cl)cc1)c1ccc(Cl)cc1. The summed E-state index contributed by atoms with van der Waals surface area (Å²) in [4.78, 5) is 27.0. The first-order valence-corrected chi connectivity index (χ1v) is 17.2. The molecule has 0 spiro atoms. The van der Waals surface area contributed by atoms with Gasteiger partial charge in [0.15, 0.2) is 22.8 Å². The minimum absolute atomic E-state index is 0.0786. The Kier molecular flexibility index (Phi) is 9.58. The standard InChI is InChI=1S/C40H34Cl4O4/c1-23(45)37-25(3)47-39(27-5-13-31(41)14-6-27,28-7-15-32(42)16-8-28)35(37)21-22-36-38(24(2)46)26(4)48-40(36,29-9-17-33(43)18-10-29)30-11-19-34(44)20-12-30/h5-20,35-36H,21-22H2,1-4H3. The molecule has 0 aliphatic carbocycles. The second kappa shape index (κ2) is 13.4. The largest absolute Gasteiger partial charge is 0.481 e. The summed E-state index contributed by atoms with van der Waals surface area (Å²) in [6, 6.07) is 30.1. The number of allylic oxidation sites excluding steroid dienone is 2. The lowest BCUT2D eigenvalue weighted by molar-refractivity contribution is -0.115. The fourth-order valence-electron chi connectivity index (χ4n) is 7.81. The average molecular weight is 721 g/mol. The van der Waals surface area contributed by atoms with Crippen molar-refractivity contribution < 1.29 is 19.1 Å². The van der Waals surface area contributed by atoms with Crippen molar-refractivity contribution in [2.45, 2.75) is 51.7 Å². The molecule has 2 heterocycles. The summed E-state index contributed by atoms with van der Waals surface area (Å²) in [6.07, 6.45) is 0.942. The van der Waals surface area contributed by atoms with Crippen LogP contribution in [0.15, 0.2) is 120 Å². The van der Waals surface area contributed by atoms with E-state index in [0.29, 0.717) is 55.6 Å². The van der Waals surface area contributed by atoms with Crippen LogP contribution in [0.4, 0.5) is 0 Å². The number of carbonyl (C=O) groups excluding carboxylic acids is 2. The van der Waals surface area contributed by atoms with Crippen molar-refractivity contribution in [1.82, 2.24) is 0 Å². The van der Waals surface area contributed by atoms with Crippen LogP contribution in [-0.4, -0.2) is 11.6 Å². The van der Waals surface area contributed by atoms with Crippen LogP contribution in [0.25, 0.3) is 0 Å².